The molecule has 0 aliphatic carbocycles. The van der Waals surface area contributed by atoms with E-state index in [0.717, 1.165) is 5.56 Å². The van der Waals surface area contributed by atoms with Crippen molar-refractivity contribution in [2.24, 2.45) is 16.6 Å². The highest BCUT2D eigenvalue weighted by molar-refractivity contribution is 6.40. The van der Waals surface area contributed by atoms with Crippen LogP contribution in [0.15, 0.2) is 53.6 Å². The van der Waals surface area contributed by atoms with Gasteiger partial charge in [0.05, 0.1) is 11.7 Å². The predicted octanol–water partition coefficient (Wildman–Crippen LogP) is 1.61. The van der Waals surface area contributed by atoms with Gasteiger partial charge in [0.2, 0.25) is 5.91 Å². The number of hydrogen-bond donors (Lipinski definition) is 4. The molecule has 1 aliphatic rings. The van der Waals surface area contributed by atoms with Crippen LogP contribution in [0.2, 0.25) is 0 Å². The van der Waals surface area contributed by atoms with Gasteiger partial charge in [-0.2, -0.15) is 5.10 Å². The van der Waals surface area contributed by atoms with Crippen LogP contribution in [0.5, 0.6) is 0 Å². The Kier molecular flexibility index (Phi) is 5.95. The lowest BCUT2D eigenvalue weighted by Gasteiger charge is -2.20. The molecule has 30 heavy (non-hydrogen) atoms. The van der Waals surface area contributed by atoms with Crippen molar-refractivity contribution in [1.29, 1.82) is 0 Å². The first kappa shape index (κ1) is 20.8. The molecule has 0 spiro atoms. The van der Waals surface area contributed by atoms with Crippen molar-refractivity contribution in [3.63, 3.8) is 0 Å². The van der Waals surface area contributed by atoms with Gasteiger partial charge in [0, 0.05) is 12.1 Å². The molecular formula is C20H21FN6O3. The van der Waals surface area contributed by atoms with Crippen LogP contribution in [0.3, 0.4) is 0 Å². The Hall–Kier alpha value is -3.95. The van der Waals surface area contributed by atoms with E-state index in [1.807, 2.05) is 0 Å². The topological polar surface area (TPSA) is 143 Å². The van der Waals surface area contributed by atoms with Gasteiger partial charge in [0.25, 0.3) is 5.91 Å². The van der Waals surface area contributed by atoms with Crippen molar-refractivity contribution in [3.8, 4) is 0 Å². The third-order valence-corrected chi connectivity index (χ3v) is 4.62. The fourth-order valence-corrected chi connectivity index (χ4v) is 3.06. The van der Waals surface area contributed by atoms with E-state index in [4.69, 9.17) is 11.5 Å². The van der Waals surface area contributed by atoms with Crippen LogP contribution in [0.4, 0.5) is 20.6 Å². The molecule has 0 radical (unpaired) electrons. The number of nitrogens with zero attached hydrogens (tertiary/aromatic N) is 2. The van der Waals surface area contributed by atoms with E-state index in [-0.39, 0.29) is 18.2 Å². The molecule has 9 nitrogen and oxygen atoms in total. The highest BCUT2D eigenvalue weighted by Crippen LogP contribution is 2.25. The summed E-state index contributed by atoms with van der Waals surface area (Å²) in [5.41, 5.74) is 12.5. The van der Waals surface area contributed by atoms with Gasteiger partial charge < -0.3 is 22.1 Å². The number of carbonyl (C=O) groups excluding carboxylic acids is 3. The fraction of sp³-hybridized carbons (Fsp3) is 0.200. The molecular weight excluding hydrogens is 391 g/mol. The maximum atomic E-state index is 13.2. The smallest absolute Gasteiger partial charge is 0.316 e. The number of hydrogen-bond acceptors (Lipinski definition) is 5. The van der Waals surface area contributed by atoms with Gasteiger partial charge in [0.1, 0.15) is 17.6 Å². The van der Waals surface area contributed by atoms with Crippen LogP contribution in [0, 0.1) is 5.82 Å². The highest BCUT2D eigenvalue weighted by Gasteiger charge is 2.35. The van der Waals surface area contributed by atoms with E-state index in [1.165, 1.54) is 29.3 Å². The summed E-state index contributed by atoms with van der Waals surface area (Å²) >= 11 is 0. The average molecular weight is 412 g/mol. The standard InChI is InChI=1S/C20H21FN6O3/c1-11(12-2-6-14(7-3-12)25-20(23)30)24-19(29)16-10-17(18(22)28)27(26-16)15-8-4-13(21)5-9-15/h2-9,11,17H,10H2,1H3,(H2,22,28)(H,24,29)(H3,23,25,30). The zero-order valence-corrected chi connectivity index (χ0v) is 16.1. The first-order valence-corrected chi connectivity index (χ1v) is 9.13. The number of amides is 4. The first-order valence-electron chi connectivity index (χ1n) is 9.13. The van der Waals surface area contributed by atoms with Crippen LogP contribution in [0.1, 0.15) is 24.9 Å². The molecule has 3 rings (SSSR count). The van der Waals surface area contributed by atoms with Crippen molar-refractivity contribution in [2.45, 2.75) is 25.4 Å². The summed E-state index contributed by atoms with van der Waals surface area (Å²) in [5, 5.41) is 10.8. The summed E-state index contributed by atoms with van der Waals surface area (Å²) in [6.07, 6.45) is 0.0345. The maximum Gasteiger partial charge on any atom is 0.316 e. The molecule has 1 aliphatic heterocycles. The van der Waals surface area contributed by atoms with E-state index < -0.39 is 29.7 Å². The lowest BCUT2D eigenvalue weighted by atomic mass is 10.1. The van der Waals surface area contributed by atoms with E-state index in [1.54, 1.807) is 31.2 Å². The number of hydrazone groups is 1. The molecule has 10 heteroatoms. The third kappa shape index (κ3) is 4.72. The van der Waals surface area contributed by atoms with Crippen LogP contribution in [-0.2, 0) is 9.59 Å². The second kappa shape index (κ2) is 8.60. The summed E-state index contributed by atoms with van der Waals surface area (Å²) in [7, 11) is 0. The molecule has 0 bridgehead atoms. The number of anilines is 2. The summed E-state index contributed by atoms with van der Waals surface area (Å²) in [4.78, 5) is 35.4. The quantitative estimate of drug-likeness (QED) is 0.571. The van der Waals surface area contributed by atoms with Gasteiger partial charge in [-0.3, -0.25) is 14.6 Å². The number of urea groups is 1. The van der Waals surface area contributed by atoms with Crippen LogP contribution in [-0.4, -0.2) is 29.6 Å². The molecule has 1 heterocycles. The molecule has 0 fully saturated rings. The van der Waals surface area contributed by atoms with Crippen LogP contribution < -0.4 is 27.1 Å². The zero-order valence-electron chi connectivity index (χ0n) is 16.1. The highest BCUT2D eigenvalue weighted by atomic mass is 19.1. The first-order chi connectivity index (χ1) is 14.2. The molecule has 6 N–H and O–H groups in total. The largest absolute Gasteiger partial charge is 0.368 e. The molecule has 4 amide bonds. The summed E-state index contributed by atoms with van der Waals surface area (Å²) in [6.45, 7) is 1.78. The minimum absolute atomic E-state index is 0.0345. The van der Waals surface area contributed by atoms with Crippen molar-refractivity contribution in [2.75, 3.05) is 10.3 Å². The number of rotatable bonds is 6. The Balaban J connectivity index is 1.72. The summed E-state index contributed by atoms with van der Waals surface area (Å²) in [5.74, 6) is -1.52. The second-order valence-corrected chi connectivity index (χ2v) is 6.80. The van der Waals surface area contributed by atoms with E-state index in [2.05, 4.69) is 15.7 Å². The lowest BCUT2D eigenvalue weighted by molar-refractivity contribution is -0.119. The Morgan fingerprint density at radius 1 is 1.10 bits per heavy atom. The monoisotopic (exact) mass is 412 g/mol. The third-order valence-electron chi connectivity index (χ3n) is 4.62. The summed E-state index contributed by atoms with van der Waals surface area (Å²) in [6, 6.07) is 10.3. The van der Waals surface area contributed by atoms with Crippen molar-refractivity contribution in [1.82, 2.24) is 5.32 Å². The van der Waals surface area contributed by atoms with Crippen molar-refractivity contribution < 1.29 is 18.8 Å². The van der Waals surface area contributed by atoms with E-state index in [0.29, 0.717) is 11.4 Å². The number of carbonyl (C=O) groups is 3. The summed E-state index contributed by atoms with van der Waals surface area (Å²) < 4.78 is 13.2. The Labute approximate surface area is 171 Å². The minimum Gasteiger partial charge on any atom is -0.368 e. The molecule has 2 unspecified atom stereocenters. The SMILES string of the molecule is CC(NC(=O)C1=NN(c2ccc(F)cc2)C(C(N)=O)C1)c1ccc(NC(N)=O)cc1. The van der Waals surface area contributed by atoms with E-state index >= 15 is 0 Å². The van der Waals surface area contributed by atoms with Gasteiger partial charge in [0.15, 0.2) is 0 Å². The molecule has 156 valence electrons. The van der Waals surface area contributed by atoms with Gasteiger partial charge >= 0.3 is 6.03 Å². The molecule has 0 saturated heterocycles. The Morgan fingerprint density at radius 3 is 2.30 bits per heavy atom. The number of halogens is 1. The van der Waals surface area contributed by atoms with Gasteiger partial charge in [-0.15, -0.1) is 0 Å². The Bertz CT molecular complexity index is 991. The van der Waals surface area contributed by atoms with Crippen LogP contribution in [0.25, 0.3) is 0 Å². The normalized spacial score (nSPS) is 16.5. The van der Waals surface area contributed by atoms with Gasteiger partial charge in [-0.05, 0) is 48.9 Å². The molecule has 2 aromatic carbocycles. The number of nitrogens with two attached hydrogens (primary N) is 2. The van der Waals surface area contributed by atoms with E-state index in [9.17, 15) is 18.8 Å². The van der Waals surface area contributed by atoms with Gasteiger partial charge in [-0.25, -0.2) is 9.18 Å². The maximum absolute atomic E-state index is 13.2. The second-order valence-electron chi connectivity index (χ2n) is 6.80. The number of nitrogens with one attached hydrogen (secondary N) is 2. The average Bonchev–Trinajstić information content (AvgIpc) is 3.14. The molecule has 2 atom stereocenters. The number of benzene rings is 2. The molecule has 0 saturated carbocycles. The van der Waals surface area contributed by atoms with Crippen molar-refractivity contribution >= 4 is 34.9 Å². The Morgan fingerprint density at radius 2 is 1.73 bits per heavy atom. The van der Waals surface area contributed by atoms with Crippen molar-refractivity contribution in [3.05, 3.63) is 59.9 Å². The fourth-order valence-electron chi connectivity index (χ4n) is 3.06. The number of primary amides is 2. The lowest BCUT2D eigenvalue weighted by Crippen LogP contribution is -2.40. The van der Waals surface area contributed by atoms with Gasteiger partial charge in [-0.1, -0.05) is 12.1 Å². The zero-order chi connectivity index (χ0) is 21.8. The molecule has 0 aromatic heterocycles. The minimum atomic E-state index is -0.842. The van der Waals surface area contributed by atoms with Crippen LogP contribution >= 0.6 is 0 Å². The predicted molar refractivity (Wildman–Crippen MR) is 110 cm³/mol. The molecule has 2 aromatic rings.